The van der Waals surface area contributed by atoms with Gasteiger partial charge in [0.15, 0.2) is 12.2 Å². The molecule has 0 N–H and O–H groups in total. The minimum absolute atomic E-state index is 0.0374. The third-order valence-electron chi connectivity index (χ3n) is 3.18. The summed E-state index contributed by atoms with van der Waals surface area (Å²) in [6.45, 7) is -0.0747. The molecule has 0 bridgehead atoms. The van der Waals surface area contributed by atoms with Gasteiger partial charge in [-0.25, -0.2) is 19.2 Å². The Morgan fingerprint density at radius 3 is 1.41 bits per heavy atom. The first-order chi connectivity index (χ1) is 10.5. The number of rotatable bonds is 2. The molecule has 0 saturated carbocycles. The first-order valence-electron chi connectivity index (χ1n) is 6.29. The van der Waals surface area contributed by atoms with Crippen LogP contribution in [0.2, 0.25) is 0 Å². The largest absolute Gasteiger partial charge is 0.461 e. The third-order valence-corrected chi connectivity index (χ3v) is 3.18. The van der Waals surface area contributed by atoms with Crippen LogP contribution in [0.1, 0.15) is 0 Å². The van der Waals surface area contributed by atoms with Gasteiger partial charge in [-0.3, -0.25) is 0 Å². The van der Waals surface area contributed by atoms with Gasteiger partial charge in [-0.2, -0.15) is 0 Å². The van der Waals surface area contributed by atoms with E-state index in [2.05, 4.69) is 9.47 Å². The molecule has 10 heteroatoms. The lowest BCUT2D eigenvalue weighted by atomic mass is 10.1. The summed E-state index contributed by atoms with van der Waals surface area (Å²) >= 11 is 0. The molecule has 2 fully saturated rings. The number of fused-ring (bicyclic) bond motifs is 1. The average Bonchev–Trinajstić information content (AvgIpc) is 3.09. The van der Waals surface area contributed by atoms with Crippen molar-refractivity contribution in [3.05, 3.63) is 0 Å². The van der Waals surface area contributed by atoms with E-state index < -0.39 is 48.3 Å². The number of ether oxygens (including phenoxy) is 6. The lowest BCUT2D eigenvalue weighted by Crippen LogP contribution is -2.38. The second-order valence-corrected chi connectivity index (χ2v) is 4.47. The van der Waals surface area contributed by atoms with E-state index in [-0.39, 0.29) is 13.2 Å². The highest BCUT2D eigenvalue weighted by Gasteiger charge is 2.52. The molecule has 0 aromatic heterocycles. The van der Waals surface area contributed by atoms with Gasteiger partial charge in [-0.15, -0.1) is 0 Å². The Balaban J connectivity index is 1.91. The summed E-state index contributed by atoms with van der Waals surface area (Å²) in [6.07, 6.45) is -3.08. The van der Waals surface area contributed by atoms with Crippen molar-refractivity contribution in [1.82, 2.24) is 0 Å². The summed E-state index contributed by atoms with van der Waals surface area (Å²) in [4.78, 5) is 44.7. The van der Waals surface area contributed by atoms with Crippen LogP contribution in [0.15, 0.2) is 0 Å². The van der Waals surface area contributed by atoms with Crippen molar-refractivity contribution in [2.24, 2.45) is 0 Å². The van der Waals surface area contributed by atoms with Gasteiger partial charge in [-0.1, -0.05) is 0 Å². The molecule has 2 rings (SSSR count). The van der Waals surface area contributed by atoms with Crippen LogP contribution in [0, 0.1) is 0 Å². The first-order valence-corrected chi connectivity index (χ1v) is 6.29. The number of hydrogen-bond acceptors (Lipinski definition) is 10. The van der Waals surface area contributed by atoms with Crippen LogP contribution in [0.3, 0.4) is 0 Å². The Hall–Kier alpha value is -2.20. The molecule has 0 radical (unpaired) electrons. The highest BCUT2D eigenvalue weighted by atomic mass is 16.7. The van der Waals surface area contributed by atoms with Crippen molar-refractivity contribution in [3.63, 3.8) is 0 Å². The summed E-state index contributed by atoms with van der Waals surface area (Å²) in [6, 6.07) is 0. The van der Waals surface area contributed by atoms with E-state index in [1.807, 2.05) is 0 Å². The van der Waals surface area contributed by atoms with E-state index in [0.717, 1.165) is 14.2 Å². The maximum Gasteiger partial charge on any atom is 0.417 e. The molecule has 22 heavy (non-hydrogen) atoms. The van der Waals surface area contributed by atoms with Crippen molar-refractivity contribution >= 4 is 23.9 Å². The van der Waals surface area contributed by atoms with Gasteiger partial charge in [0.05, 0.1) is 27.4 Å². The Labute approximate surface area is 124 Å². The molecule has 0 aliphatic carbocycles. The molecule has 0 amide bonds. The summed E-state index contributed by atoms with van der Waals surface area (Å²) in [5.74, 6) is -4.63. The van der Waals surface area contributed by atoms with Gasteiger partial charge in [0.1, 0.15) is 12.2 Å². The summed E-state index contributed by atoms with van der Waals surface area (Å²) in [5, 5.41) is 0. The fourth-order valence-corrected chi connectivity index (χ4v) is 2.17. The lowest BCUT2D eigenvalue weighted by molar-refractivity contribution is -0.173. The second kappa shape index (κ2) is 6.71. The zero-order valence-corrected chi connectivity index (χ0v) is 11.8. The fourth-order valence-electron chi connectivity index (χ4n) is 2.17. The van der Waals surface area contributed by atoms with Crippen molar-refractivity contribution in [2.45, 2.75) is 24.4 Å². The van der Waals surface area contributed by atoms with Crippen LogP contribution in [-0.4, -0.2) is 75.7 Å². The number of esters is 4. The van der Waals surface area contributed by atoms with Crippen LogP contribution in [0.5, 0.6) is 0 Å². The second-order valence-electron chi connectivity index (χ2n) is 4.47. The van der Waals surface area contributed by atoms with Gasteiger partial charge >= 0.3 is 23.9 Å². The predicted molar refractivity (Wildman–Crippen MR) is 63.3 cm³/mol. The van der Waals surface area contributed by atoms with E-state index in [4.69, 9.17) is 18.9 Å². The Morgan fingerprint density at radius 1 is 0.727 bits per heavy atom. The molecule has 4 atom stereocenters. The fraction of sp³-hybridized carbons (Fsp3) is 0.667. The smallest absolute Gasteiger partial charge is 0.417 e. The van der Waals surface area contributed by atoms with E-state index in [1.165, 1.54) is 0 Å². The summed E-state index contributed by atoms with van der Waals surface area (Å²) in [7, 11) is 2.10. The number of carbonyl (C=O) groups is 4. The van der Waals surface area contributed by atoms with Crippen LogP contribution in [-0.2, 0) is 47.6 Å². The van der Waals surface area contributed by atoms with Gasteiger partial charge in [0, 0.05) is 0 Å². The van der Waals surface area contributed by atoms with E-state index in [1.54, 1.807) is 0 Å². The number of carbonyl (C=O) groups excluding carboxylic acids is 4. The quantitative estimate of drug-likeness (QED) is 0.319. The van der Waals surface area contributed by atoms with Crippen molar-refractivity contribution in [1.29, 1.82) is 0 Å². The van der Waals surface area contributed by atoms with Gasteiger partial charge in [0.25, 0.3) is 0 Å². The standard InChI is InChI=1S/C12H14O10/c1-17-9(13)11(15)21-5-3-19-8-6(4-20-7(5)8)22-12(16)10(14)18-2/h5-8H,3-4H2,1-2H3. The van der Waals surface area contributed by atoms with Crippen LogP contribution in [0.4, 0.5) is 0 Å². The molecular formula is C12H14O10. The third kappa shape index (κ3) is 3.17. The SMILES string of the molecule is COC(=O)C(=O)OC1COC2C(OC(=O)C(=O)OC)COC12. The normalized spacial score (nSPS) is 29.4. The highest BCUT2D eigenvalue weighted by molar-refractivity contribution is 6.30. The molecule has 0 aromatic rings. The van der Waals surface area contributed by atoms with E-state index in [0.29, 0.717) is 0 Å². The summed E-state index contributed by atoms with van der Waals surface area (Å²) in [5.41, 5.74) is 0. The van der Waals surface area contributed by atoms with Crippen molar-refractivity contribution in [3.8, 4) is 0 Å². The van der Waals surface area contributed by atoms with Crippen LogP contribution in [0.25, 0.3) is 0 Å². The molecule has 0 spiro atoms. The van der Waals surface area contributed by atoms with Crippen LogP contribution >= 0.6 is 0 Å². The highest BCUT2D eigenvalue weighted by Crippen LogP contribution is 2.30. The van der Waals surface area contributed by atoms with E-state index in [9.17, 15) is 19.2 Å². The number of methoxy groups -OCH3 is 2. The first kappa shape index (κ1) is 16.2. The lowest BCUT2D eigenvalue weighted by Gasteiger charge is -2.16. The Bertz CT molecular complexity index is 442. The molecule has 2 aliphatic rings. The molecule has 0 aromatic carbocycles. The number of hydrogen-bond donors (Lipinski definition) is 0. The zero-order valence-electron chi connectivity index (χ0n) is 11.8. The minimum atomic E-state index is -1.17. The van der Waals surface area contributed by atoms with Crippen molar-refractivity contribution < 1.29 is 47.6 Å². The zero-order chi connectivity index (χ0) is 16.3. The predicted octanol–water partition coefficient (Wildman–Crippen LogP) is -2.05. The Kier molecular flexibility index (Phi) is 4.93. The Morgan fingerprint density at radius 2 is 1.09 bits per heavy atom. The summed E-state index contributed by atoms with van der Waals surface area (Å²) < 4.78 is 29.0. The molecule has 122 valence electrons. The topological polar surface area (TPSA) is 124 Å². The van der Waals surface area contributed by atoms with Gasteiger partial charge in [0.2, 0.25) is 0 Å². The average molecular weight is 318 g/mol. The van der Waals surface area contributed by atoms with E-state index >= 15 is 0 Å². The molecule has 2 aliphatic heterocycles. The molecule has 2 saturated heterocycles. The van der Waals surface area contributed by atoms with Gasteiger partial charge in [-0.05, 0) is 0 Å². The maximum atomic E-state index is 11.4. The maximum absolute atomic E-state index is 11.4. The van der Waals surface area contributed by atoms with Gasteiger partial charge < -0.3 is 28.4 Å². The molecule has 2 heterocycles. The van der Waals surface area contributed by atoms with Crippen LogP contribution < -0.4 is 0 Å². The minimum Gasteiger partial charge on any atom is -0.461 e. The molecule has 4 unspecified atom stereocenters. The monoisotopic (exact) mass is 318 g/mol. The molecule has 10 nitrogen and oxygen atoms in total. The van der Waals surface area contributed by atoms with Crippen molar-refractivity contribution in [2.75, 3.05) is 27.4 Å². The molecular weight excluding hydrogens is 304 g/mol.